The second-order valence-electron chi connectivity index (χ2n) is 8.09. The van der Waals surface area contributed by atoms with Gasteiger partial charge in [0.15, 0.2) is 5.96 Å². The van der Waals surface area contributed by atoms with Crippen molar-refractivity contribution in [3.05, 3.63) is 0 Å². The van der Waals surface area contributed by atoms with Crippen molar-refractivity contribution in [3.63, 3.8) is 0 Å². The molecule has 1 rings (SSSR count). The van der Waals surface area contributed by atoms with Crippen LogP contribution in [0.25, 0.3) is 0 Å². The Bertz CT molecular complexity index is 417. The molecular weight excluding hydrogens is 441 g/mol. The molecule has 7 heteroatoms. The zero-order chi connectivity index (χ0) is 18.7. The third kappa shape index (κ3) is 11.9. The smallest absolute Gasteiger partial charge is 0.240 e. The van der Waals surface area contributed by atoms with E-state index in [1.165, 1.54) is 51.7 Å². The number of likely N-dealkylation sites (tertiary alicyclic amines) is 1. The molecule has 0 bridgehead atoms. The number of carbonyl (C=O) groups excluding carboxylic acids is 1. The van der Waals surface area contributed by atoms with Crippen LogP contribution in [0.3, 0.4) is 0 Å². The number of halogens is 1. The average Bonchev–Trinajstić information content (AvgIpc) is 2.53. The Kier molecular flexibility index (Phi) is 13.3. The number of guanidine groups is 1. The third-order valence-electron chi connectivity index (χ3n) is 4.35. The summed E-state index contributed by atoms with van der Waals surface area (Å²) in [5.41, 5.74) is -0.205. The van der Waals surface area contributed by atoms with Crippen molar-refractivity contribution in [1.82, 2.24) is 20.4 Å². The van der Waals surface area contributed by atoms with Gasteiger partial charge in [0.2, 0.25) is 5.91 Å². The molecule has 154 valence electrons. The fourth-order valence-electron chi connectivity index (χ4n) is 3.15. The van der Waals surface area contributed by atoms with Crippen LogP contribution in [0.2, 0.25) is 0 Å². The Morgan fingerprint density at radius 2 is 1.77 bits per heavy atom. The fraction of sp³-hybridized carbons (Fsp3) is 0.895. The molecule has 2 N–H and O–H groups in total. The maximum Gasteiger partial charge on any atom is 0.240 e. The van der Waals surface area contributed by atoms with Crippen molar-refractivity contribution >= 4 is 35.8 Å². The van der Waals surface area contributed by atoms with E-state index in [0.717, 1.165) is 18.9 Å². The number of nitrogens with zero attached hydrogens (tertiary/aromatic N) is 3. The molecule has 1 amide bonds. The van der Waals surface area contributed by atoms with Gasteiger partial charge in [0.1, 0.15) is 0 Å². The number of likely N-dealkylation sites (N-methyl/N-ethyl adjacent to an activating group) is 1. The largest absolute Gasteiger partial charge is 0.356 e. The number of hydrogen-bond acceptors (Lipinski definition) is 3. The van der Waals surface area contributed by atoms with Gasteiger partial charge < -0.3 is 20.4 Å². The molecule has 0 spiro atoms. The van der Waals surface area contributed by atoms with Crippen molar-refractivity contribution in [2.45, 2.75) is 64.8 Å². The number of aliphatic imine (C=N–C) groups is 1. The van der Waals surface area contributed by atoms with E-state index in [1.54, 1.807) is 7.05 Å². The highest BCUT2D eigenvalue weighted by Gasteiger charge is 2.16. The van der Waals surface area contributed by atoms with E-state index in [2.05, 4.69) is 20.5 Å². The molecular formula is C19H40IN5O. The predicted molar refractivity (Wildman–Crippen MR) is 121 cm³/mol. The number of hydrogen-bond donors (Lipinski definition) is 2. The molecule has 0 aromatic carbocycles. The first-order valence-electron chi connectivity index (χ1n) is 9.77. The summed E-state index contributed by atoms with van der Waals surface area (Å²) in [6.45, 7) is 11.0. The predicted octanol–water partition coefficient (Wildman–Crippen LogP) is 2.68. The van der Waals surface area contributed by atoms with Gasteiger partial charge in [-0.05, 0) is 66.1 Å². The van der Waals surface area contributed by atoms with Crippen molar-refractivity contribution < 1.29 is 4.79 Å². The summed E-state index contributed by atoms with van der Waals surface area (Å²) < 4.78 is 0. The Hall–Kier alpha value is -0.570. The van der Waals surface area contributed by atoms with Gasteiger partial charge in [-0.25, -0.2) is 0 Å². The minimum atomic E-state index is -0.205. The molecule has 0 saturated carbocycles. The van der Waals surface area contributed by atoms with E-state index in [1.807, 2.05) is 32.7 Å². The first-order chi connectivity index (χ1) is 11.8. The number of amides is 1. The van der Waals surface area contributed by atoms with Gasteiger partial charge in [-0.1, -0.05) is 12.8 Å². The van der Waals surface area contributed by atoms with Gasteiger partial charge in [0.25, 0.3) is 0 Å². The van der Waals surface area contributed by atoms with Gasteiger partial charge in [0.05, 0.1) is 6.54 Å². The lowest BCUT2D eigenvalue weighted by atomic mass is 10.1. The monoisotopic (exact) mass is 481 g/mol. The zero-order valence-electron chi connectivity index (χ0n) is 17.4. The minimum Gasteiger partial charge on any atom is -0.356 e. The maximum atomic E-state index is 12.0. The Balaban J connectivity index is 0.00000625. The van der Waals surface area contributed by atoms with Crippen LogP contribution in [0.15, 0.2) is 4.99 Å². The Morgan fingerprint density at radius 1 is 1.12 bits per heavy atom. The number of unbranched alkanes of at least 4 members (excludes halogenated alkanes) is 2. The van der Waals surface area contributed by atoms with Crippen LogP contribution in [-0.2, 0) is 4.79 Å². The van der Waals surface area contributed by atoms with E-state index >= 15 is 0 Å². The molecule has 0 radical (unpaired) electrons. The summed E-state index contributed by atoms with van der Waals surface area (Å²) in [5, 5.41) is 6.33. The van der Waals surface area contributed by atoms with Gasteiger partial charge in [-0.2, -0.15) is 0 Å². The molecule has 6 nitrogen and oxygen atoms in total. The normalized spacial score (nSPS) is 16.0. The van der Waals surface area contributed by atoms with Crippen molar-refractivity contribution in [3.8, 4) is 0 Å². The first kappa shape index (κ1) is 25.4. The summed E-state index contributed by atoms with van der Waals surface area (Å²) in [4.78, 5) is 20.8. The van der Waals surface area contributed by atoms with Crippen LogP contribution >= 0.6 is 24.0 Å². The van der Waals surface area contributed by atoms with E-state index in [9.17, 15) is 4.79 Å². The van der Waals surface area contributed by atoms with Crippen LogP contribution in [0.1, 0.15) is 59.3 Å². The second-order valence-corrected chi connectivity index (χ2v) is 8.09. The third-order valence-corrected chi connectivity index (χ3v) is 4.35. The van der Waals surface area contributed by atoms with Crippen LogP contribution < -0.4 is 10.6 Å². The molecule has 1 heterocycles. The first-order valence-corrected chi connectivity index (χ1v) is 9.77. The highest BCUT2D eigenvalue weighted by molar-refractivity contribution is 14.0. The van der Waals surface area contributed by atoms with E-state index in [4.69, 9.17) is 0 Å². The molecule has 1 aliphatic rings. The molecule has 0 aliphatic carbocycles. The van der Waals surface area contributed by atoms with Crippen LogP contribution in [0.4, 0.5) is 0 Å². The van der Waals surface area contributed by atoms with E-state index in [0.29, 0.717) is 6.54 Å². The van der Waals surface area contributed by atoms with Crippen molar-refractivity contribution in [2.24, 2.45) is 4.99 Å². The molecule has 0 atom stereocenters. The SMILES string of the molecule is CN=C(NCCCCCN1CCCCC1)N(C)CC(=O)NC(C)(C)C.I. The van der Waals surface area contributed by atoms with E-state index < -0.39 is 0 Å². The van der Waals surface area contributed by atoms with Crippen LogP contribution in [0, 0.1) is 0 Å². The number of carbonyl (C=O) groups is 1. The van der Waals surface area contributed by atoms with Crippen molar-refractivity contribution in [2.75, 3.05) is 46.8 Å². The quantitative estimate of drug-likeness (QED) is 0.242. The zero-order valence-corrected chi connectivity index (χ0v) is 19.8. The maximum absolute atomic E-state index is 12.0. The highest BCUT2D eigenvalue weighted by atomic mass is 127. The lowest BCUT2D eigenvalue weighted by Crippen LogP contribution is -2.48. The second kappa shape index (κ2) is 13.6. The van der Waals surface area contributed by atoms with Crippen LogP contribution in [-0.4, -0.2) is 74.0 Å². The highest BCUT2D eigenvalue weighted by Crippen LogP contribution is 2.09. The molecule has 26 heavy (non-hydrogen) atoms. The standard InChI is InChI=1S/C19H39N5O.HI/c1-19(2,3)22-17(25)16-23(5)18(20-4)21-12-8-6-9-13-24-14-10-7-11-15-24;/h6-16H2,1-5H3,(H,20,21)(H,22,25);1H. The fourth-order valence-corrected chi connectivity index (χ4v) is 3.15. The summed E-state index contributed by atoms with van der Waals surface area (Å²) in [5.74, 6) is 0.791. The summed E-state index contributed by atoms with van der Waals surface area (Å²) >= 11 is 0. The molecule has 0 aromatic heterocycles. The number of nitrogens with one attached hydrogen (secondary N) is 2. The average molecular weight is 481 g/mol. The van der Waals surface area contributed by atoms with Gasteiger partial charge >= 0.3 is 0 Å². The summed E-state index contributed by atoms with van der Waals surface area (Å²) in [6.07, 6.45) is 7.77. The molecule has 1 saturated heterocycles. The molecule has 1 aliphatic heterocycles. The minimum absolute atomic E-state index is 0. The van der Waals surface area contributed by atoms with Gasteiger partial charge in [-0.3, -0.25) is 9.79 Å². The lowest BCUT2D eigenvalue weighted by Gasteiger charge is -2.26. The number of rotatable bonds is 8. The lowest BCUT2D eigenvalue weighted by molar-refractivity contribution is -0.122. The van der Waals surface area contributed by atoms with Gasteiger partial charge in [-0.15, -0.1) is 24.0 Å². The molecule has 0 unspecified atom stereocenters. The van der Waals surface area contributed by atoms with E-state index in [-0.39, 0.29) is 35.4 Å². The number of piperidine rings is 1. The molecule has 0 aromatic rings. The Labute approximate surface area is 177 Å². The summed E-state index contributed by atoms with van der Waals surface area (Å²) in [7, 11) is 3.66. The topological polar surface area (TPSA) is 60.0 Å². The van der Waals surface area contributed by atoms with Crippen LogP contribution in [0.5, 0.6) is 0 Å². The molecule has 1 fully saturated rings. The van der Waals surface area contributed by atoms with Gasteiger partial charge in [0, 0.05) is 26.2 Å². The summed E-state index contributed by atoms with van der Waals surface area (Å²) in [6, 6.07) is 0. The van der Waals surface area contributed by atoms with Crippen molar-refractivity contribution in [1.29, 1.82) is 0 Å². The Morgan fingerprint density at radius 3 is 2.35 bits per heavy atom.